The van der Waals surface area contributed by atoms with Crippen LogP contribution in [-0.4, -0.2) is 58.2 Å². The van der Waals surface area contributed by atoms with Crippen molar-refractivity contribution >= 4 is 0 Å². The Labute approximate surface area is 142 Å². The molecule has 1 aliphatic heterocycles. The SMILES string of the molecule is CC(C)Cn1ncnc1CN1CCCC(O)(Cc2nncn2C)C1. The molecular weight excluding hydrogens is 306 g/mol. The van der Waals surface area contributed by atoms with E-state index in [4.69, 9.17) is 0 Å². The maximum Gasteiger partial charge on any atom is 0.141 e. The molecule has 1 atom stereocenters. The lowest BCUT2D eigenvalue weighted by Gasteiger charge is -2.38. The highest BCUT2D eigenvalue weighted by atomic mass is 16.3. The van der Waals surface area contributed by atoms with Crippen LogP contribution in [0.3, 0.4) is 0 Å². The number of hydrogen-bond donors (Lipinski definition) is 1. The number of nitrogens with zero attached hydrogens (tertiary/aromatic N) is 7. The van der Waals surface area contributed by atoms with Gasteiger partial charge >= 0.3 is 0 Å². The number of likely N-dealkylation sites (tertiary alicyclic amines) is 1. The Morgan fingerprint density at radius 1 is 1.33 bits per heavy atom. The normalized spacial score (nSPS) is 22.4. The van der Waals surface area contributed by atoms with Gasteiger partial charge in [-0.25, -0.2) is 9.67 Å². The predicted octanol–water partition coefficient (Wildman–Crippen LogP) is 0.632. The van der Waals surface area contributed by atoms with Gasteiger partial charge in [-0.15, -0.1) is 10.2 Å². The minimum Gasteiger partial charge on any atom is -0.388 e. The zero-order valence-corrected chi connectivity index (χ0v) is 14.8. The van der Waals surface area contributed by atoms with Gasteiger partial charge in [0.05, 0.1) is 12.1 Å². The largest absolute Gasteiger partial charge is 0.388 e. The van der Waals surface area contributed by atoms with Crippen LogP contribution in [0.25, 0.3) is 0 Å². The Balaban J connectivity index is 1.65. The molecule has 3 rings (SSSR count). The van der Waals surface area contributed by atoms with E-state index in [0.717, 1.165) is 37.6 Å². The van der Waals surface area contributed by atoms with Gasteiger partial charge < -0.3 is 9.67 Å². The van der Waals surface area contributed by atoms with Crippen molar-refractivity contribution < 1.29 is 5.11 Å². The van der Waals surface area contributed by atoms with Gasteiger partial charge in [-0.3, -0.25) is 4.90 Å². The summed E-state index contributed by atoms with van der Waals surface area (Å²) in [7, 11) is 1.91. The maximum atomic E-state index is 11.0. The third-order valence-corrected chi connectivity index (χ3v) is 4.53. The van der Waals surface area contributed by atoms with Crippen molar-refractivity contribution in [3.8, 4) is 0 Å². The van der Waals surface area contributed by atoms with Gasteiger partial charge in [-0.05, 0) is 25.3 Å². The highest BCUT2D eigenvalue weighted by Crippen LogP contribution is 2.25. The smallest absolute Gasteiger partial charge is 0.141 e. The van der Waals surface area contributed by atoms with Crippen LogP contribution in [0.15, 0.2) is 12.7 Å². The first-order chi connectivity index (χ1) is 11.5. The first-order valence-electron chi connectivity index (χ1n) is 8.59. The van der Waals surface area contributed by atoms with E-state index in [1.165, 1.54) is 0 Å². The maximum absolute atomic E-state index is 11.0. The van der Waals surface area contributed by atoms with Crippen LogP contribution in [0.5, 0.6) is 0 Å². The van der Waals surface area contributed by atoms with Crippen molar-refractivity contribution in [1.29, 1.82) is 0 Å². The molecule has 24 heavy (non-hydrogen) atoms. The van der Waals surface area contributed by atoms with Gasteiger partial charge in [-0.2, -0.15) is 5.10 Å². The molecular formula is C16H27N7O. The summed E-state index contributed by atoms with van der Waals surface area (Å²) < 4.78 is 3.84. The zero-order chi connectivity index (χ0) is 17.2. The second-order valence-electron chi connectivity index (χ2n) is 7.33. The van der Waals surface area contributed by atoms with Crippen molar-refractivity contribution in [2.24, 2.45) is 13.0 Å². The van der Waals surface area contributed by atoms with Gasteiger partial charge in [0.1, 0.15) is 24.3 Å². The Morgan fingerprint density at radius 2 is 2.17 bits per heavy atom. The summed E-state index contributed by atoms with van der Waals surface area (Å²) in [6.45, 7) is 7.52. The Hall–Kier alpha value is -1.80. The van der Waals surface area contributed by atoms with E-state index in [1.54, 1.807) is 12.7 Å². The Morgan fingerprint density at radius 3 is 2.88 bits per heavy atom. The number of rotatable bonds is 6. The van der Waals surface area contributed by atoms with E-state index in [1.807, 2.05) is 16.3 Å². The van der Waals surface area contributed by atoms with Gasteiger partial charge in [-0.1, -0.05) is 13.8 Å². The molecule has 1 N–H and O–H groups in total. The van der Waals surface area contributed by atoms with Gasteiger partial charge in [0.15, 0.2) is 0 Å². The number of piperidine rings is 1. The van der Waals surface area contributed by atoms with E-state index < -0.39 is 5.60 Å². The molecule has 0 saturated carbocycles. The molecule has 1 unspecified atom stereocenters. The van der Waals surface area contributed by atoms with Crippen molar-refractivity contribution in [2.45, 2.75) is 51.8 Å². The fourth-order valence-corrected chi connectivity index (χ4v) is 3.36. The minimum absolute atomic E-state index is 0.526. The third-order valence-electron chi connectivity index (χ3n) is 4.53. The Bertz CT molecular complexity index is 665. The predicted molar refractivity (Wildman–Crippen MR) is 89.0 cm³/mol. The lowest BCUT2D eigenvalue weighted by Crippen LogP contribution is -2.49. The zero-order valence-electron chi connectivity index (χ0n) is 14.8. The molecule has 0 aliphatic carbocycles. The number of aryl methyl sites for hydroxylation is 1. The molecule has 8 heteroatoms. The van der Waals surface area contributed by atoms with Crippen LogP contribution in [-0.2, 0) is 26.6 Å². The highest BCUT2D eigenvalue weighted by molar-refractivity contribution is 4.99. The van der Waals surface area contributed by atoms with Crippen LogP contribution >= 0.6 is 0 Å². The van der Waals surface area contributed by atoms with Crippen molar-refractivity contribution in [3.05, 3.63) is 24.3 Å². The van der Waals surface area contributed by atoms with Crippen LogP contribution in [0.4, 0.5) is 0 Å². The standard InChI is InChI=1S/C16H27N7O/c1-13(2)8-23-15(17-11-19-23)9-22-6-4-5-16(24,10-22)7-14-20-18-12-21(14)3/h11-13,24H,4-10H2,1-3H3. The average molecular weight is 333 g/mol. The molecule has 0 radical (unpaired) electrons. The second-order valence-corrected chi connectivity index (χ2v) is 7.33. The molecule has 1 fully saturated rings. The van der Waals surface area contributed by atoms with Crippen LogP contribution < -0.4 is 0 Å². The van der Waals surface area contributed by atoms with Crippen LogP contribution in [0.2, 0.25) is 0 Å². The topological polar surface area (TPSA) is 84.9 Å². The summed E-state index contributed by atoms with van der Waals surface area (Å²) in [6.07, 6.45) is 5.57. The van der Waals surface area contributed by atoms with Crippen molar-refractivity contribution in [1.82, 2.24) is 34.4 Å². The van der Waals surface area contributed by atoms with E-state index in [2.05, 4.69) is 39.0 Å². The third kappa shape index (κ3) is 3.99. The molecule has 0 spiro atoms. The lowest BCUT2D eigenvalue weighted by molar-refractivity contribution is -0.0354. The molecule has 8 nitrogen and oxygen atoms in total. The monoisotopic (exact) mass is 333 g/mol. The molecule has 0 amide bonds. The van der Waals surface area contributed by atoms with Gasteiger partial charge in [0.25, 0.3) is 0 Å². The highest BCUT2D eigenvalue weighted by Gasteiger charge is 2.35. The molecule has 3 heterocycles. The summed E-state index contributed by atoms with van der Waals surface area (Å²) in [6, 6.07) is 0. The van der Waals surface area contributed by atoms with Crippen molar-refractivity contribution in [2.75, 3.05) is 13.1 Å². The first kappa shape index (κ1) is 17.0. The average Bonchev–Trinajstić information content (AvgIpc) is 3.08. The number of aliphatic hydroxyl groups is 1. The lowest BCUT2D eigenvalue weighted by atomic mass is 9.89. The first-order valence-corrected chi connectivity index (χ1v) is 8.59. The molecule has 132 valence electrons. The molecule has 2 aromatic rings. The quantitative estimate of drug-likeness (QED) is 0.835. The number of β-amino-alcohol motifs (C(OH)–C–C–N with tert-alkyl or cyclic N) is 1. The summed E-state index contributed by atoms with van der Waals surface area (Å²) in [5, 5.41) is 23.4. The van der Waals surface area contributed by atoms with E-state index in [0.29, 0.717) is 25.4 Å². The van der Waals surface area contributed by atoms with E-state index in [9.17, 15) is 5.11 Å². The van der Waals surface area contributed by atoms with Gasteiger partial charge in [0, 0.05) is 26.6 Å². The summed E-state index contributed by atoms with van der Waals surface area (Å²) in [5.41, 5.74) is -0.762. The van der Waals surface area contributed by atoms with Crippen molar-refractivity contribution in [3.63, 3.8) is 0 Å². The summed E-state index contributed by atoms with van der Waals surface area (Å²) in [5.74, 6) is 2.31. The molecule has 2 aromatic heterocycles. The Kier molecular flexibility index (Phi) is 4.96. The summed E-state index contributed by atoms with van der Waals surface area (Å²) in [4.78, 5) is 6.67. The summed E-state index contributed by atoms with van der Waals surface area (Å²) >= 11 is 0. The molecule has 1 saturated heterocycles. The van der Waals surface area contributed by atoms with Crippen LogP contribution in [0.1, 0.15) is 38.3 Å². The number of hydrogen-bond acceptors (Lipinski definition) is 6. The molecule has 0 aromatic carbocycles. The van der Waals surface area contributed by atoms with E-state index >= 15 is 0 Å². The van der Waals surface area contributed by atoms with Crippen LogP contribution in [0, 0.1) is 5.92 Å². The fraction of sp³-hybridized carbons (Fsp3) is 0.750. The molecule has 0 bridgehead atoms. The number of aromatic nitrogens is 6. The van der Waals surface area contributed by atoms with E-state index in [-0.39, 0.29) is 0 Å². The second kappa shape index (κ2) is 6.98. The fourth-order valence-electron chi connectivity index (χ4n) is 3.36. The molecule has 1 aliphatic rings. The minimum atomic E-state index is -0.762. The van der Waals surface area contributed by atoms with Gasteiger partial charge in [0.2, 0.25) is 0 Å².